The number of allylic oxidation sites excluding steroid dienone is 4. The van der Waals surface area contributed by atoms with Crippen molar-refractivity contribution < 1.29 is 19.2 Å². The number of rotatable bonds is 2. The quantitative estimate of drug-likeness (QED) is 0.556. The van der Waals surface area contributed by atoms with E-state index in [-0.39, 0.29) is 82.6 Å². The SMILES string of the molecule is O=C1[C@@H]2[C@H](C(=O)N1c1cccc(N3C(=O)[C@H]4[C@H](C3=O)[C@H]3C=C[C@H]4C3)n1)[C@H]1C=C[C@H]2C1. The first-order chi connectivity index (χ1) is 14.5. The first-order valence-electron chi connectivity index (χ1n) is 10.6. The number of imide groups is 2. The van der Waals surface area contributed by atoms with E-state index in [0.717, 1.165) is 12.8 Å². The Bertz CT molecular complexity index is 980. The summed E-state index contributed by atoms with van der Waals surface area (Å²) in [7, 11) is 0. The van der Waals surface area contributed by atoms with Crippen molar-refractivity contribution in [1.29, 1.82) is 0 Å². The molecule has 2 saturated heterocycles. The summed E-state index contributed by atoms with van der Waals surface area (Å²) in [6, 6.07) is 4.86. The average Bonchev–Trinajstić information content (AvgIpc) is 3.55. The van der Waals surface area contributed by atoms with Crippen molar-refractivity contribution in [2.45, 2.75) is 12.8 Å². The molecule has 0 radical (unpaired) electrons. The van der Waals surface area contributed by atoms with Crippen LogP contribution >= 0.6 is 0 Å². The Morgan fingerprint density at radius 1 is 0.600 bits per heavy atom. The molecule has 7 nitrogen and oxygen atoms in total. The van der Waals surface area contributed by atoms with Gasteiger partial charge in [0, 0.05) is 0 Å². The fourth-order valence-electron chi connectivity index (χ4n) is 6.92. The molecule has 4 amide bonds. The van der Waals surface area contributed by atoms with E-state index in [4.69, 9.17) is 0 Å². The second kappa shape index (κ2) is 5.33. The van der Waals surface area contributed by atoms with Crippen molar-refractivity contribution in [3.63, 3.8) is 0 Å². The van der Waals surface area contributed by atoms with Crippen LogP contribution in [0.5, 0.6) is 0 Å². The van der Waals surface area contributed by atoms with E-state index >= 15 is 0 Å². The van der Waals surface area contributed by atoms with Gasteiger partial charge in [0.25, 0.3) is 0 Å². The highest BCUT2D eigenvalue weighted by molar-refractivity contribution is 6.24. The van der Waals surface area contributed by atoms with Crippen LogP contribution in [-0.4, -0.2) is 28.6 Å². The van der Waals surface area contributed by atoms with Gasteiger partial charge in [-0.1, -0.05) is 30.4 Å². The fraction of sp³-hybridized carbons (Fsp3) is 0.435. The molecule has 2 saturated carbocycles. The second-order valence-corrected chi connectivity index (χ2v) is 9.38. The third kappa shape index (κ3) is 1.80. The van der Waals surface area contributed by atoms with E-state index in [0.29, 0.717) is 0 Å². The fourth-order valence-corrected chi connectivity index (χ4v) is 6.92. The molecule has 150 valence electrons. The Morgan fingerprint density at radius 2 is 0.933 bits per heavy atom. The van der Waals surface area contributed by atoms with E-state index < -0.39 is 0 Å². The van der Waals surface area contributed by atoms with E-state index in [2.05, 4.69) is 4.98 Å². The van der Waals surface area contributed by atoms with Gasteiger partial charge in [0.05, 0.1) is 23.7 Å². The zero-order valence-electron chi connectivity index (χ0n) is 16.0. The smallest absolute Gasteiger partial charge is 0.239 e. The van der Waals surface area contributed by atoms with Gasteiger partial charge in [-0.2, -0.15) is 0 Å². The number of nitrogens with zero attached hydrogens (tertiary/aromatic N) is 3. The van der Waals surface area contributed by atoms with Gasteiger partial charge < -0.3 is 0 Å². The van der Waals surface area contributed by atoms with Gasteiger partial charge >= 0.3 is 0 Å². The Balaban J connectivity index is 1.24. The van der Waals surface area contributed by atoms with Gasteiger partial charge in [-0.25, -0.2) is 14.8 Å². The zero-order valence-corrected chi connectivity index (χ0v) is 16.0. The lowest BCUT2D eigenvalue weighted by atomic mass is 9.85. The third-order valence-corrected chi connectivity index (χ3v) is 8.12. The molecule has 6 aliphatic rings. The summed E-state index contributed by atoms with van der Waals surface area (Å²) in [6.45, 7) is 0. The van der Waals surface area contributed by atoms with Gasteiger partial charge in [0.2, 0.25) is 23.6 Å². The van der Waals surface area contributed by atoms with Crippen LogP contribution in [0.1, 0.15) is 12.8 Å². The monoisotopic (exact) mass is 401 g/mol. The van der Waals surface area contributed by atoms with Crippen molar-refractivity contribution in [1.82, 2.24) is 4.98 Å². The maximum Gasteiger partial charge on any atom is 0.239 e. The summed E-state index contributed by atoms with van der Waals surface area (Å²) in [4.78, 5) is 59.1. The van der Waals surface area contributed by atoms with Crippen LogP contribution in [0.25, 0.3) is 0 Å². The van der Waals surface area contributed by atoms with Crippen LogP contribution in [-0.2, 0) is 19.2 Å². The second-order valence-electron chi connectivity index (χ2n) is 9.38. The van der Waals surface area contributed by atoms with Crippen molar-refractivity contribution in [2.75, 3.05) is 9.80 Å². The highest BCUT2D eigenvalue weighted by atomic mass is 16.2. The van der Waals surface area contributed by atoms with Crippen LogP contribution in [0.4, 0.5) is 11.6 Å². The van der Waals surface area contributed by atoms with Crippen LogP contribution in [0.2, 0.25) is 0 Å². The van der Waals surface area contributed by atoms with Crippen LogP contribution in [0, 0.1) is 47.3 Å². The number of hydrogen-bond donors (Lipinski definition) is 0. The van der Waals surface area contributed by atoms with E-state index in [1.54, 1.807) is 18.2 Å². The molecule has 3 heterocycles. The molecular weight excluding hydrogens is 382 g/mol. The molecule has 1 aromatic rings. The van der Waals surface area contributed by atoms with E-state index in [1.807, 2.05) is 24.3 Å². The van der Waals surface area contributed by atoms with Crippen molar-refractivity contribution in [3.05, 3.63) is 42.5 Å². The Labute approximate surface area is 172 Å². The number of pyridine rings is 1. The third-order valence-electron chi connectivity index (χ3n) is 8.12. The molecular formula is C23H19N3O4. The molecule has 4 aliphatic carbocycles. The predicted octanol–water partition coefficient (Wildman–Crippen LogP) is 1.70. The molecule has 4 bridgehead atoms. The number of aromatic nitrogens is 1. The lowest BCUT2D eigenvalue weighted by molar-refractivity contribution is -0.124. The van der Waals surface area contributed by atoms with Gasteiger partial charge in [0.15, 0.2) is 0 Å². The predicted molar refractivity (Wildman–Crippen MR) is 105 cm³/mol. The maximum atomic E-state index is 13.1. The number of hydrogen-bond acceptors (Lipinski definition) is 5. The normalized spacial score (nSPS) is 42.3. The summed E-state index contributed by atoms with van der Waals surface area (Å²) >= 11 is 0. The molecule has 0 N–H and O–H groups in total. The van der Waals surface area contributed by atoms with Crippen molar-refractivity contribution in [2.24, 2.45) is 47.3 Å². The van der Waals surface area contributed by atoms with Gasteiger partial charge in [-0.05, 0) is 48.6 Å². The molecule has 0 aromatic carbocycles. The zero-order chi connectivity index (χ0) is 20.3. The molecule has 1 aromatic heterocycles. The summed E-state index contributed by atoms with van der Waals surface area (Å²) < 4.78 is 0. The topological polar surface area (TPSA) is 87.7 Å². The van der Waals surface area contributed by atoms with Crippen LogP contribution < -0.4 is 9.80 Å². The molecule has 0 spiro atoms. The van der Waals surface area contributed by atoms with Crippen LogP contribution in [0.15, 0.2) is 42.5 Å². The maximum absolute atomic E-state index is 13.1. The molecule has 0 unspecified atom stereocenters. The highest BCUT2D eigenvalue weighted by Crippen LogP contribution is 2.54. The lowest BCUT2D eigenvalue weighted by Gasteiger charge is -2.20. The van der Waals surface area contributed by atoms with E-state index in [9.17, 15) is 19.2 Å². The summed E-state index contributed by atoms with van der Waals surface area (Å²) in [5.41, 5.74) is 0. The number of anilines is 2. The summed E-state index contributed by atoms with van der Waals surface area (Å²) in [5, 5.41) is 0. The number of amides is 4. The van der Waals surface area contributed by atoms with Gasteiger partial charge in [-0.15, -0.1) is 0 Å². The first-order valence-corrected chi connectivity index (χ1v) is 10.6. The Morgan fingerprint density at radius 3 is 1.27 bits per heavy atom. The number of carbonyl (C=O) groups is 4. The summed E-state index contributed by atoms with van der Waals surface area (Å²) in [6.07, 6.45) is 9.92. The minimum atomic E-state index is -0.311. The molecule has 4 fully saturated rings. The standard InChI is InChI=1S/C23H19N3O4/c27-20-16-10-4-5-11(8-10)17(16)21(28)25(20)14-2-1-3-15(24-14)26-22(29)18-12-6-7-13(9-12)19(18)23(26)30/h1-7,10-13,16-19H,8-9H2/t10-,11-,12-,13-,16-,17+,18+,19+/m0/s1. The Hall–Kier alpha value is -3.09. The van der Waals surface area contributed by atoms with Gasteiger partial charge in [0.1, 0.15) is 11.6 Å². The van der Waals surface area contributed by atoms with E-state index in [1.165, 1.54) is 9.80 Å². The molecule has 7 heteroatoms. The molecule has 30 heavy (non-hydrogen) atoms. The average molecular weight is 401 g/mol. The Kier molecular flexibility index (Phi) is 2.96. The minimum absolute atomic E-state index is 0.119. The first kappa shape index (κ1) is 16.7. The number of carbonyl (C=O) groups excluding carboxylic acids is 4. The highest BCUT2D eigenvalue weighted by Gasteiger charge is 2.61. The van der Waals surface area contributed by atoms with Crippen molar-refractivity contribution in [3.8, 4) is 0 Å². The lowest BCUT2D eigenvalue weighted by Crippen LogP contribution is -2.36. The van der Waals surface area contributed by atoms with Crippen LogP contribution in [0.3, 0.4) is 0 Å². The molecule has 8 atom stereocenters. The van der Waals surface area contributed by atoms with Gasteiger partial charge in [-0.3, -0.25) is 19.2 Å². The minimum Gasteiger partial charge on any atom is -0.274 e. The van der Waals surface area contributed by atoms with Crippen molar-refractivity contribution >= 4 is 35.3 Å². The molecule has 7 rings (SSSR count). The number of fused-ring (bicyclic) bond motifs is 10. The summed E-state index contributed by atoms with van der Waals surface area (Å²) in [5.74, 6) is -1.23. The molecule has 2 aliphatic heterocycles. The largest absolute Gasteiger partial charge is 0.274 e.